The molecule has 0 saturated heterocycles. The number of amides is 3. The number of nitrogens with two attached hydrogens (primary N) is 4. The number of hydrogen-bond donors (Lipinski definition) is 9. The van der Waals surface area contributed by atoms with E-state index in [-0.39, 0.29) is 25.3 Å². The summed E-state index contributed by atoms with van der Waals surface area (Å²) >= 11 is 0. The van der Waals surface area contributed by atoms with Gasteiger partial charge in [0.1, 0.15) is 18.1 Å². The molecule has 14 nitrogen and oxygen atoms in total. The lowest BCUT2D eigenvalue weighted by Crippen LogP contribution is -2.59. The monoisotopic (exact) mass is 488 g/mol. The normalized spacial score (nSPS) is 14.4. The van der Waals surface area contributed by atoms with Gasteiger partial charge in [-0.2, -0.15) is 0 Å². The van der Waals surface area contributed by atoms with Crippen LogP contribution in [0.25, 0.3) is 0 Å². The summed E-state index contributed by atoms with van der Waals surface area (Å²) in [6, 6.07) is -4.55. The first kappa shape index (κ1) is 31.0. The molecular weight excluding hydrogens is 448 g/mol. The van der Waals surface area contributed by atoms with Crippen LogP contribution in [-0.4, -0.2) is 83.7 Å². The first-order valence-corrected chi connectivity index (χ1v) is 11.2. The number of nitrogens with one attached hydrogen (secondary N) is 3. The Labute approximate surface area is 199 Å². The first-order valence-electron chi connectivity index (χ1n) is 11.2. The minimum absolute atomic E-state index is 0.0796. The third-order valence-corrected chi connectivity index (χ3v) is 4.93. The van der Waals surface area contributed by atoms with Gasteiger partial charge in [0.05, 0.1) is 12.6 Å². The maximum absolute atomic E-state index is 12.7. The second-order valence-corrected chi connectivity index (χ2v) is 8.21. The second-order valence-electron chi connectivity index (χ2n) is 8.21. The van der Waals surface area contributed by atoms with E-state index < -0.39 is 60.4 Å². The number of carbonyl (C=O) groups is 4. The molecule has 4 unspecified atom stereocenters. The van der Waals surface area contributed by atoms with Crippen molar-refractivity contribution in [3.05, 3.63) is 0 Å². The van der Waals surface area contributed by atoms with Crippen LogP contribution in [0.1, 0.15) is 46.0 Å². The summed E-state index contributed by atoms with van der Waals surface area (Å²) in [4.78, 5) is 52.9. The molecule has 13 N–H and O–H groups in total. The minimum Gasteiger partial charge on any atom is -0.480 e. The molecule has 3 amide bonds. The molecule has 0 aromatic carbocycles. The number of aliphatic hydroxyl groups excluding tert-OH is 1. The average Bonchev–Trinajstić information content (AvgIpc) is 2.76. The van der Waals surface area contributed by atoms with Crippen LogP contribution in [0.3, 0.4) is 0 Å². The Hall–Kier alpha value is -2.97. The molecule has 0 aliphatic carbocycles. The van der Waals surface area contributed by atoms with Gasteiger partial charge in [0, 0.05) is 6.54 Å². The smallest absolute Gasteiger partial charge is 0.326 e. The second kappa shape index (κ2) is 16.6. The molecule has 0 aromatic heterocycles. The zero-order valence-electron chi connectivity index (χ0n) is 19.8. The van der Waals surface area contributed by atoms with Gasteiger partial charge in [-0.1, -0.05) is 13.8 Å². The molecule has 4 atom stereocenters. The summed E-state index contributed by atoms with van der Waals surface area (Å²) in [5.41, 5.74) is 21.7. The van der Waals surface area contributed by atoms with Crippen molar-refractivity contribution in [3.63, 3.8) is 0 Å². The van der Waals surface area contributed by atoms with Crippen molar-refractivity contribution in [2.24, 2.45) is 33.8 Å². The van der Waals surface area contributed by atoms with Crippen LogP contribution in [-0.2, 0) is 19.2 Å². The third kappa shape index (κ3) is 12.3. The number of aliphatic imine (C=N–C) groups is 1. The molecule has 0 heterocycles. The summed E-state index contributed by atoms with van der Waals surface area (Å²) in [6.45, 7) is 3.27. The Balaban J connectivity index is 5.02. The topological polar surface area (TPSA) is 261 Å². The number of aliphatic carboxylic acids is 1. The number of carbonyl (C=O) groups excluding carboxylic acids is 3. The molecule has 14 heteroatoms. The van der Waals surface area contributed by atoms with Gasteiger partial charge in [-0.3, -0.25) is 19.4 Å². The molecule has 0 aliphatic rings. The Kier molecular flexibility index (Phi) is 15.2. The molecule has 0 radical (unpaired) electrons. The van der Waals surface area contributed by atoms with Crippen LogP contribution in [0, 0.1) is 5.92 Å². The van der Waals surface area contributed by atoms with E-state index in [1.54, 1.807) is 13.8 Å². The standard InChI is InChI=1S/C20H40N8O6/c1-11(2)15(18(32)26-13(19(33)34)7-3-4-8-21)28-17(31)14(10-29)27-16(30)12(22)6-5-9-25-20(23)24/h11-15,29H,3-10,21-22H2,1-2H3,(H,26,32)(H,27,30)(H,28,31)(H,33,34)(H4,23,24,25). The van der Waals surface area contributed by atoms with Gasteiger partial charge < -0.3 is 49.1 Å². The van der Waals surface area contributed by atoms with Crippen LogP contribution in [0.15, 0.2) is 4.99 Å². The lowest BCUT2D eigenvalue weighted by Gasteiger charge is -2.26. The number of hydrogen-bond acceptors (Lipinski definition) is 8. The van der Waals surface area contributed by atoms with Crippen LogP contribution in [0.2, 0.25) is 0 Å². The Morgan fingerprint density at radius 3 is 2.00 bits per heavy atom. The highest BCUT2D eigenvalue weighted by atomic mass is 16.4. The van der Waals surface area contributed by atoms with E-state index in [0.717, 1.165) is 0 Å². The zero-order valence-corrected chi connectivity index (χ0v) is 19.8. The molecule has 0 spiro atoms. The Morgan fingerprint density at radius 1 is 0.882 bits per heavy atom. The van der Waals surface area contributed by atoms with Gasteiger partial charge >= 0.3 is 5.97 Å². The van der Waals surface area contributed by atoms with E-state index in [1.807, 2.05) is 0 Å². The number of unbranched alkanes of at least 4 members (excludes halogenated alkanes) is 1. The van der Waals surface area contributed by atoms with Crippen molar-refractivity contribution in [2.45, 2.75) is 70.1 Å². The summed E-state index contributed by atoms with van der Waals surface area (Å²) < 4.78 is 0. The van der Waals surface area contributed by atoms with Gasteiger partial charge in [0.2, 0.25) is 17.7 Å². The highest BCUT2D eigenvalue weighted by Gasteiger charge is 2.31. The van der Waals surface area contributed by atoms with Gasteiger partial charge in [-0.05, 0) is 44.6 Å². The van der Waals surface area contributed by atoms with Gasteiger partial charge in [-0.15, -0.1) is 0 Å². The predicted molar refractivity (Wildman–Crippen MR) is 126 cm³/mol. The van der Waals surface area contributed by atoms with E-state index in [9.17, 15) is 29.4 Å². The maximum atomic E-state index is 12.7. The molecule has 0 aliphatic heterocycles. The molecule has 0 bridgehead atoms. The molecule has 0 aromatic rings. The van der Waals surface area contributed by atoms with E-state index in [2.05, 4.69) is 20.9 Å². The van der Waals surface area contributed by atoms with E-state index >= 15 is 0 Å². The maximum Gasteiger partial charge on any atom is 0.326 e. The highest BCUT2D eigenvalue weighted by Crippen LogP contribution is 2.06. The molecule has 0 rings (SSSR count). The molecule has 34 heavy (non-hydrogen) atoms. The van der Waals surface area contributed by atoms with Crippen LogP contribution in [0.5, 0.6) is 0 Å². The summed E-state index contributed by atoms with van der Waals surface area (Å²) in [5.74, 6) is -3.86. The Bertz CT molecular complexity index is 699. The van der Waals surface area contributed by atoms with Crippen LogP contribution in [0.4, 0.5) is 0 Å². The number of guanidine groups is 1. The highest BCUT2D eigenvalue weighted by molar-refractivity contribution is 5.94. The number of carboxylic acids is 1. The lowest BCUT2D eigenvalue weighted by molar-refractivity contribution is -0.143. The first-order chi connectivity index (χ1) is 15.9. The number of rotatable bonds is 17. The van der Waals surface area contributed by atoms with E-state index in [4.69, 9.17) is 22.9 Å². The van der Waals surface area contributed by atoms with Crippen LogP contribution < -0.4 is 38.9 Å². The summed E-state index contributed by atoms with van der Waals surface area (Å²) in [7, 11) is 0. The van der Waals surface area contributed by atoms with Gasteiger partial charge in [-0.25, -0.2) is 4.79 Å². The fourth-order valence-corrected chi connectivity index (χ4v) is 2.92. The quantitative estimate of drug-likeness (QED) is 0.0558. The third-order valence-electron chi connectivity index (χ3n) is 4.93. The molecule has 196 valence electrons. The summed E-state index contributed by atoms with van der Waals surface area (Å²) in [5, 5.41) is 26.2. The molecule has 0 fully saturated rings. The van der Waals surface area contributed by atoms with Crippen LogP contribution >= 0.6 is 0 Å². The van der Waals surface area contributed by atoms with Gasteiger partial charge in [0.25, 0.3) is 0 Å². The van der Waals surface area contributed by atoms with Crippen molar-refractivity contribution in [1.29, 1.82) is 0 Å². The van der Waals surface area contributed by atoms with Crippen molar-refractivity contribution in [2.75, 3.05) is 19.7 Å². The number of aliphatic hydroxyl groups is 1. The van der Waals surface area contributed by atoms with Gasteiger partial charge in [0.15, 0.2) is 5.96 Å². The average molecular weight is 489 g/mol. The van der Waals surface area contributed by atoms with Crippen molar-refractivity contribution in [3.8, 4) is 0 Å². The van der Waals surface area contributed by atoms with Crippen molar-refractivity contribution < 1.29 is 29.4 Å². The van der Waals surface area contributed by atoms with E-state index in [0.29, 0.717) is 25.8 Å². The number of carboxylic acid groups (broad SMARTS) is 1. The zero-order chi connectivity index (χ0) is 26.3. The van der Waals surface area contributed by atoms with Crippen molar-refractivity contribution in [1.82, 2.24) is 16.0 Å². The lowest BCUT2D eigenvalue weighted by atomic mass is 10.0. The fraction of sp³-hybridized carbons (Fsp3) is 0.750. The molecular formula is C20H40N8O6. The van der Waals surface area contributed by atoms with Crippen molar-refractivity contribution >= 4 is 29.7 Å². The minimum atomic E-state index is -1.36. The van der Waals surface area contributed by atoms with E-state index in [1.165, 1.54) is 0 Å². The summed E-state index contributed by atoms with van der Waals surface area (Å²) in [6.07, 6.45) is 1.97. The predicted octanol–water partition coefficient (Wildman–Crippen LogP) is -3.32. The largest absolute Gasteiger partial charge is 0.480 e. The molecule has 0 saturated carbocycles. The Morgan fingerprint density at radius 2 is 1.50 bits per heavy atom. The SMILES string of the molecule is CC(C)C(NC(=O)C(CO)NC(=O)C(N)CCCN=C(N)N)C(=O)NC(CCCCN)C(=O)O. The number of nitrogens with zero attached hydrogens (tertiary/aromatic N) is 1. The fourth-order valence-electron chi connectivity index (χ4n) is 2.92.